The fourth-order valence-corrected chi connectivity index (χ4v) is 2.96. The summed E-state index contributed by atoms with van der Waals surface area (Å²) in [5.74, 6) is -2.62. The molecule has 0 unspecified atom stereocenters. The summed E-state index contributed by atoms with van der Waals surface area (Å²) in [5, 5.41) is 5.12. The van der Waals surface area contributed by atoms with Crippen LogP contribution in [0.1, 0.15) is 29.6 Å². The maximum atomic E-state index is 13.4. The molecule has 1 aromatic carbocycles. The second-order valence-electron chi connectivity index (χ2n) is 5.68. The van der Waals surface area contributed by atoms with E-state index >= 15 is 0 Å². The minimum Gasteiger partial charge on any atom is -0.354 e. The van der Waals surface area contributed by atoms with Crippen molar-refractivity contribution in [1.29, 1.82) is 0 Å². The van der Waals surface area contributed by atoms with Gasteiger partial charge in [0.1, 0.15) is 17.2 Å². The van der Waals surface area contributed by atoms with Crippen LogP contribution in [0.15, 0.2) is 18.2 Å². The maximum absolute atomic E-state index is 13.4. The third-order valence-electron chi connectivity index (χ3n) is 4.20. The Morgan fingerprint density at radius 1 is 1.13 bits per heavy atom. The third kappa shape index (κ3) is 4.25. The molecule has 0 spiro atoms. The summed E-state index contributed by atoms with van der Waals surface area (Å²) >= 11 is 0. The number of benzene rings is 1. The zero-order chi connectivity index (χ0) is 16.8. The normalized spacial score (nSPS) is 20.3. The van der Waals surface area contributed by atoms with Crippen molar-refractivity contribution in [1.82, 2.24) is 10.6 Å². The van der Waals surface area contributed by atoms with Crippen LogP contribution in [0.4, 0.5) is 8.78 Å². The van der Waals surface area contributed by atoms with Crippen molar-refractivity contribution in [2.75, 3.05) is 19.6 Å². The summed E-state index contributed by atoms with van der Waals surface area (Å²) in [6.07, 6.45) is 2.77. The minimum atomic E-state index is -0.914. The summed E-state index contributed by atoms with van der Waals surface area (Å²) in [6, 6.07) is 3.23. The number of hydrogen-bond donors (Lipinski definition) is 3. The van der Waals surface area contributed by atoms with Crippen LogP contribution in [0.25, 0.3) is 0 Å². The van der Waals surface area contributed by atoms with Gasteiger partial charge in [-0.05, 0) is 37.4 Å². The Balaban J connectivity index is 1.77. The standard InChI is InChI=1S/C16H21F2N3O2/c17-12-5-2-6-13(18)14(12)16(23)21-8-7-20-15(22)11-4-1-3-10(11)9-19/h2,5-6,10-11H,1,3-4,7-9,19H2,(H,20,22)(H,21,23)/t10-,11-/m1/s1. The zero-order valence-corrected chi connectivity index (χ0v) is 12.8. The predicted octanol–water partition coefficient (Wildman–Crippen LogP) is 1.19. The topological polar surface area (TPSA) is 84.2 Å². The van der Waals surface area contributed by atoms with Gasteiger partial charge in [0.05, 0.1) is 0 Å². The van der Waals surface area contributed by atoms with E-state index in [1.807, 2.05) is 0 Å². The molecule has 0 saturated heterocycles. The summed E-state index contributed by atoms with van der Waals surface area (Å²) in [4.78, 5) is 23.8. The number of halogens is 2. The lowest BCUT2D eigenvalue weighted by atomic mass is 9.95. The van der Waals surface area contributed by atoms with Gasteiger partial charge in [0.2, 0.25) is 5.91 Å². The summed E-state index contributed by atoms with van der Waals surface area (Å²) in [6.45, 7) is 0.786. The Labute approximate surface area is 133 Å². The first-order valence-electron chi connectivity index (χ1n) is 7.74. The molecule has 0 heterocycles. The number of rotatable bonds is 6. The Kier molecular flexibility index (Phi) is 6.04. The van der Waals surface area contributed by atoms with E-state index in [2.05, 4.69) is 10.6 Å². The first kappa shape index (κ1) is 17.3. The quantitative estimate of drug-likeness (QED) is 0.687. The van der Waals surface area contributed by atoms with Gasteiger partial charge < -0.3 is 16.4 Å². The second-order valence-corrected chi connectivity index (χ2v) is 5.68. The fraction of sp³-hybridized carbons (Fsp3) is 0.500. The predicted molar refractivity (Wildman–Crippen MR) is 81.6 cm³/mol. The van der Waals surface area contributed by atoms with E-state index < -0.39 is 23.1 Å². The summed E-state index contributed by atoms with van der Waals surface area (Å²) < 4.78 is 26.9. The number of carbonyl (C=O) groups is 2. The van der Waals surface area contributed by atoms with Gasteiger partial charge in [0.25, 0.3) is 5.91 Å². The maximum Gasteiger partial charge on any atom is 0.257 e. The molecular formula is C16H21F2N3O2. The molecular weight excluding hydrogens is 304 g/mol. The van der Waals surface area contributed by atoms with Gasteiger partial charge in [-0.25, -0.2) is 8.78 Å². The molecule has 0 aliphatic heterocycles. The van der Waals surface area contributed by atoms with Crippen molar-refractivity contribution in [2.24, 2.45) is 17.6 Å². The zero-order valence-electron chi connectivity index (χ0n) is 12.8. The third-order valence-corrected chi connectivity index (χ3v) is 4.20. The highest BCUT2D eigenvalue weighted by atomic mass is 19.1. The van der Waals surface area contributed by atoms with Crippen molar-refractivity contribution in [2.45, 2.75) is 19.3 Å². The van der Waals surface area contributed by atoms with Crippen LogP contribution >= 0.6 is 0 Å². The van der Waals surface area contributed by atoms with Gasteiger partial charge in [-0.2, -0.15) is 0 Å². The Bertz CT molecular complexity index is 560. The van der Waals surface area contributed by atoms with E-state index in [9.17, 15) is 18.4 Å². The van der Waals surface area contributed by atoms with Crippen LogP contribution in [0, 0.1) is 23.5 Å². The second kappa shape index (κ2) is 8.01. The molecule has 0 radical (unpaired) electrons. The molecule has 23 heavy (non-hydrogen) atoms. The molecule has 1 aromatic rings. The van der Waals surface area contributed by atoms with Gasteiger partial charge in [-0.1, -0.05) is 12.5 Å². The summed E-state index contributed by atoms with van der Waals surface area (Å²) in [7, 11) is 0. The number of hydrogen-bond acceptors (Lipinski definition) is 3. The molecule has 126 valence electrons. The summed E-state index contributed by atoms with van der Waals surface area (Å²) in [5.41, 5.74) is 5.03. The first-order valence-corrected chi connectivity index (χ1v) is 7.74. The molecule has 4 N–H and O–H groups in total. The van der Waals surface area contributed by atoms with Crippen molar-refractivity contribution < 1.29 is 18.4 Å². The van der Waals surface area contributed by atoms with Crippen LogP contribution in [0.5, 0.6) is 0 Å². The SMILES string of the molecule is NC[C@H]1CCC[C@H]1C(=O)NCCNC(=O)c1c(F)cccc1F. The van der Waals surface area contributed by atoms with Crippen molar-refractivity contribution >= 4 is 11.8 Å². The molecule has 1 fully saturated rings. The molecule has 2 atom stereocenters. The van der Waals surface area contributed by atoms with Gasteiger partial charge >= 0.3 is 0 Å². The highest BCUT2D eigenvalue weighted by Gasteiger charge is 2.31. The van der Waals surface area contributed by atoms with E-state index in [-0.39, 0.29) is 30.8 Å². The molecule has 1 aliphatic carbocycles. The lowest BCUT2D eigenvalue weighted by Gasteiger charge is -2.17. The molecule has 2 rings (SSSR count). The lowest BCUT2D eigenvalue weighted by Crippen LogP contribution is -2.39. The first-order chi connectivity index (χ1) is 11.0. The monoisotopic (exact) mass is 325 g/mol. The number of nitrogens with one attached hydrogen (secondary N) is 2. The Morgan fingerprint density at radius 3 is 2.43 bits per heavy atom. The van der Waals surface area contributed by atoms with Crippen LogP contribution < -0.4 is 16.4 Å². The van der Waals surface area contributed by atoms with E-state index in [1.165, 1.54) is 6.07 Å². The molecule has 0 aromatic heterocycles. The Hall–Kier alpha value is -2.02. The van der Waals surface area contributed by atoms with E-state index in [1.54, 1.807) is 0 Å². The van der Waals surface area contributed by atoms with E-state index in [0.717, 1.165) is 31.4 Å². The van der Waals surface area contributed by atoms with E-state index in [0.29, 0.717) is 6.54 Å². The van der Waals surface area contributed by atoms with Crippen LogP contribution in [0.2, 0.25) is 0 Å². The largest absolute Gasteiger partial charge is 0.354 e. The number of amides is 2. The van der Waals surface area contributed by atoms with Gasteiger partial charge in [0.15, 0.2) is 0 Å². The van der Waals surface area contributed by atoms with Gasteiger partial charge in [0, 0.05) is 19.0 Å². The molecule has 1 aliphatic rings. The van der Waals surface area contributed by atoms with E-state index in [4.69, 9.17) is 5.73 Å². The molecule has 7 heteroatoms. The molecule has 0 bridgehead atoms. The highest BCUT2D eigenvalue weighted by molar-refractivity contribution is 5.94. The van der Waals surface area contributed by atoms with Crippen LogP contribution in [-0.4, -0.2) is 31.4 Å². The average Bonchev–Trinajstić information content (AvgIpc) is 3.00. The number of carbonyl (C=O) groups excluding carboxylic acids is 2. The Morgan fingerprint density at radius 2 is 1.78 bits per heavy atom. The fourth-order valence-electron chi connectivity index (χ4n) is 2.96. The van der Waals surface area contributed by atoms with Gasteiger partial charge in [-0.3, -0.25) is 9.59 Å². The molecule has 5 nitrogen and oxygen atoms in total. The highest BCUT2D eigenvalue weighted by Crippen LogP contribution is 2.30. The van der Waals surface area contributed by atoms with Gasteiger partial charge in [-0.15, -0.1) is 0 Å². The smallest absolute Gasteiger partial charge is 0.257 e. The van der Waals surface area contributed by atoms with Crippen LogP contribution in [-0.2, 0) is 4.79 Å². The lowest BCUT2D eigenvalue weighted by molar-refractivity contribution is -0.125. The van der Waals surface area contributed by atoms with Crippen molar-refractivity contribution in [3.63, 3.8) is 0 Å². The van der Waals surface area contributed by atoms with Crippen molar-refractivity contribution in [3.8, 4) is 0 Å². The minimum absolute atomic E-state index is 0.0794. The van der Waals surface area contributed by atoms with Crippen LogP contribution in [0.3, 0.4) is 0 Å². The molecule has 1 saturated carbocycles. The van der Waals surface area contributed by atoms with Crippen molar-refractivity contribution in [3.05, 3.63) is 35.4 Å². The number of nitrogens with two attached hydrogens (primary N) is 1. The molecule has 2 amide bonds. The average molecular weight is 325 g/mol.